The molecule has 0 amide bonds. The molecule has 22 heavy (non-hydrogen) atoms. The average molecular weight is 347 g/mol. The summed E-state index contributed by atoms with van der Waals surface area (Å²) in [6, 6.07) is 3.66. The van der Waals surface area contributed by atoms with Crippen LogP contribution in [0.3, 0.4) is 0 Å². The van der Waals surface area contributed by atoms with Crippen molar-refractivity contribution < 1.29 is 23.0 Å². The molecule has 0 saturated heterocycles. The van der Waals surface area contributed by atoms with Gasteiger partial charge in [-0.1, -0.05) is 17.7 Å². The minimum absolute atomic E-state index is 0.0550. The molecule has 0 spiro atoms. The number of halogens is 1. The minimum Gasteiger partial charge on any atom is -0.746 e. The number of aromatic nitrogens is 1. The van der Waals surface area contributed by atoms with Crippen LogP contribution in [0, 0.1) is 6.92 Å². The summed E-state index contributed by atoms with van der Waals surface area (Å²) in [7, 11) is 1.39. The van der Waals surface area contributed by atoms with Gasteiger partial charge in [0.1, 0.15) is 13.2 Å². The highest BCUT2D eigenvalue weighted by Crippen LogP contribution is 2.44. The van der Waals surface area contributed by atoms with Gasteiger partial charge in [-0.25, -0.2) is 0 Å². The third kappa shape index (κ3) is 4.24. The second kappa shape index (κ2) is 6.22. The van der Waals surface area contributed by atoms with Crippen molar-refractivity contribution in [3.63, 3.8) is 0 Å². The van der Waals surface area contributed by atoms with Gasteiger partial charge in [0, 0.05) is 6.20 Å². The number of H-pyrrole nitrogens is 1. The van der Waals surface area contributed by atoms with Crippen molar-refractivity contribution in [3.05, 3.63) is 28.9 Å². The Morgan fingerprint density at radius 3 is 2.68 bits per heavy atom. The van der Waals surface area contributed by atoms with E-state index < -0.39 is 7.82 Å². The monoisotopic (exact) mass is 346 g/mol. The van der Waals surface area contributed by atoms with Gasteiger partial charge < -0.3 is 23.4 Å². The Morgan fingerprint density at radius 2 is 2.05 bits per heavy atom. The zero-order valence-electron chi connectivity index (χ0n) is 13.1. The lowest BCUT2D eigenvalue weighted by atomic mass is 10.2. The molecule has 0 bridgehead atoms. The van der Waals surface area contributed by atoms with E-state index in [0.29, 0.717) is 27.0 Å². The van der Waals surface area contributed by atoms with Crippen molar-refractivity contribution in [1.82, 2.24) is 4.98 Å². The molecule has 8 heteroatoms. The van der Waals surface area contributed by atoms with E-state index >= 15 is 0 Å². The molecule has 0 aliphatic rings. The van der Waals surface area contributed by atoms with Crippen LogP contribution in [0.5, 0.6) is 5.75 Å². The number of aromatic amines is 1. The summed E-state index contributed by atoms with van der Waals surface area (Å²) < 4.78 is 22.5. The molecule has 1 unspecified atom stereocenters. The van der Waals surface area contributed by atoms with E-state index in [-0.39, 0.29) is 12.4 Å². The zero-order chi connectivity index (χ0) is 16.5. The highest BCUT2D eigenvalue weighted by atomic mass is 35.5. The van der Waals surface area contributed by atoms with E-state index in [0.717, 1.165) is 5.56 Å². The normalized spacial score (nSPS) is 15.0. The summed E-state index contributed by atoms with van der Waals surface area (Å²) in [5, 5.41) is 0.994. The van der Waals surface area contributed by atoms with Crippen molar-refractivity contribution in [3.8, 4) is 5.75 Å². The third-order valence-corrected chi connectivity index (χ3v) is 4.57. The van der Waals surface area contributed by atoms with Gasteiger partial charge in [0.15, 0.2) is 5.75 Å². The number of likely N-dealkylation sites (N-methyl/N-ethyl adjacent to an activating group) is 1. The van der Waals surface area contributed by atoms with Gasteiger partial charge in [0.25, 0.3) is 0 Å². The number of rotatable bonds is 6. The predicted octanol–water partition coefficient (Wildman–Crippen LogP) is 2.70. The molecule has 0 aliphatic heterocycles. The van der Waals surface area contributed by atoms with Crippen molar-refractivity contribution in [2.45, 2.75) is 6.92 Å². The molecule has 0 fully saturated rings. The first-order valence-electron chi connectivity index (χ1n) is 6.81. The fourth-order valence-corrected chi connectivity index (χ4v) is 2.90. The van der Waals surface area contributed by atoms with E-state index in [1.165, 1.54) is 6.20 Å². The van der Waals surface area contributed by atoms with Crippen LogP contribution in [-0.2, 0) is 9.09 Å². The van der Waals surface area contributed by atoms with Crippen molar-refractivity contribution in [2.75, 3.05) is 34.3 Å². The first-order chi connectivity index (χ1) is 10.1. The lowest BCUT2D eigenvalue weighted by Crippen LogP contribution is -2.37. The van der Waals surface area contributed by atoms with Crippen LogP contribution in [0.1, 0.15) is 5.56 Å². The molecular formula is C14H20ClN2O4P. The number of benzene rings is 1. The fourth-order valence-electron chi connectivity index (χ4n) is 1.90. The summed E-state index contributed by atoms with van der Waals surface area (Å²) in [5.74, 6) is 0.146. The highest BCUT2D eigenvalue weighted by Gasteiger charge is 2.18. The lowest BCUT2D eigenvalue weighted by molar-refractivity contribution is -0.870. The molecule has 6 nitrogen and oxygen atoms in total. The van der Waals surface area contributed by atoms with Crippen LogP contribution < -0.4 is 9.42 Å². The molecule has 2 rings (SSSR count). The summed E-state index contributed by atoms with van der Waals surface area (Å²) in [6.07, 6.45) is 1.46. The van der Waals surface area contributed by atoms with Crippen molar-refractivity contribution >= 4 is 30.3 Å². The van der Waals surface area contributed by atoms with Crippen LogP contribution in [0.2, 0.25) is 5.02 Å². The van der Waals surface area contributed by atoms with Gasteiger partial charge in [0.2, 0.25) is 0 Å². The maximum absolute atomic E-state index is 11.9. The number of phosphoric acid groups is 1. The lowest BCUT2D eigenvalue weighted by Gasteiger charge is -2.27. The van der Waals surface area contributed by atoms with Gasteiger partial charge in [-0.05, 0) is 18.6 Å². The SMILES string of the molecule is Cc1ccc2[nH]cc(OP(=O)([O-])OCC[N+](C)(C)C)c2c1Cl. The van der Waals surface area contributed by atoms with Gasteiger partial charge in [0.05, 0.1) is 37.1 Å². The van der Waals surface area contributed by atoms with Crippen LogP contribution in [-0.4, -0.2) is 43.8 Å². The van der Waals surface area contributed by atoms with Crippen LogP contribution in [0.4, 0.5) is 0 Å². The van der Waals surface area contributed by atoms with Crippen molar-refractivity contribution in [2.24, 2.45) is 0 Å². The first kappa shape index (κ1) is 17.3. The molecule has 1 aromatic carbocycles. The average Bonchev–Trinajstić information content (AvgIpc) is 2.75. The minimum atomic E-state index is -4.45. The van der Waals surface area contributed by atoms with Crippen LogP contribution in [0.15, 0.2) is 18.3 Å². The molecule has 2 aromatic rings. The number of quaternary nitrogens is 1. The van der Waals surface area contributed by atoms with Crippen molar-refractivity contribution in [1.29, 1.82) is 0 Å². The molecule has 122 valence electrons. The van der Waals surface area contributed by atoms with E-state index in [1.54, 1.807) is 0 Å². The van der Waals surface area contributed by atoms with Gasteiger partial charge in [-0.2, -0.15) is 0 Å². The number of aryl methyl sites for hydroxylation is 1. The molecule has 1 atom stereocenters. The standard InChI is InChI=1S/C14H20ClN2O4P/c1-10-5-6-11-13(14(10)15)12(9-16-11)21-22(18,19)20-8-7-17(2,3)4/h5-6,9,16H,7-8H2,1-4H3. The topological polar surface area (TPSA) is 74.4 Å². The highest BCUT2D eigenvalue weighted by molar-refractivity contribution is 7.46. The summed E-state index contributed by atoms with van der Waals surface area (Å²) >= 11 is 6.23. The molecule has 1 heterocycles. The Labute approximate surface area is 134 Å². The second-order valence-electron chi connectivity index (χ2n) is 6.16. The van der Waals surface area contributed by atoms with Crippen LogP contribution >= 0.6 is 19.4 Å². The Kier molecular flexibility index (Phi) is 4.90. The largest absolute Gasteiger partial charge is 0.746 e. The molecule has 1 aromatic heterocycles. The van der Waals surface area contributed by atoms with Gasteiger partial charge >= 0.3 is 7.82 Å². The number of phosphoric ester groups is 1. The van der Waals surface area contributed by atoms with E-state index in [2.05, 4.69) is 4.98 Å². The summed E-state index contributed by atoms with van der Waals surface area (Å²) in [5.41, 5.74) is 1.54. The smallest absolute Gasteiger partial charge is 0.320 e. The fraction of sp³-hybridized carbons (Fsp3) is 0.429. The number of fused-ring (bicyclic) bond motifs is 1. The molecular weight excluding hydrogens is 327 g/mol. The molecule has 1 N–H and O–H groups in total. The number of nitrogens with zero attached hydrogens (tertiary/aromatic N) is 1. The number of hydrogen-bond acceptors (Lipinski definition) is 4. The number of hydrogen-bond donors (Lipinski definition) is 1. The number of nitrogens with one attached hydrogen (secondary N) is 1. The Morgan fingerprint density at radius 1 is 1.36 bits per heavy atom. The maximum atomic E-state index is 11.9. The van der Waals surface area contributed by atoms with Gasteiger partial charge in [-0.15, -0.1) is 0 Å². The maximum Gasteiger partial charge on any atom is 0.320 e. The molecule has 0 aliphatic carbocycles. The quantitative estimate of drug-likeness (QED) is 0.644. The van der Waals surface area contributed by atoms with E-state index in [4.69, 9.17) is 20.6 Å². The zero-order valence-corrected chi connectivity index (χ0v) is 14.7. The summed E-state index contributed by atoms with van der Waals surface area (Å²) in [6.45, 7) is 2.44. The van der Waals surface area contributed by atoms with E-state index in [1.807, 2.05) is 40.2 Å². The Balaban J connectivity index is 2.16. The summed E-state index contributed by atoms with van der Waals surface area (Å²) in [4.78, 5) is 14.9. The predicted molar refractivity (Wildman–Crippen MR) is 85.1 cm³/mol. The Bertz CT molecular complexity index is 723. The van der Waals surface area contributed by atoms with Crippen LogP contribution in [0.25, 0.3) is 10.9 Å². The second-order valence-corrected chi connectivity index (χ2v) is 7.87. The molecule has 0 saturated carbocycles. The Hall–Kier alpha value is -1.04. The molecule has 0 radical (unpaired) electrons. The first-order valence-corrected chi connectivity index (χ1v) is 8.65. The third-order valence-electron chi connectivity index (χ3n) is 3.16. The van der Waals surface area contributed by atoms with E-state index in [9.17, 15) is 9.46 Å². The van der Waals surface area contributed by atoms with Gasteiger partial charge in [-0.3, -0.25) is 4.57 Å².